The molecule has 2 aromatic rings. The molecule has 106 valence electrons. The van der Waals surface area contributed by atoms with Gasteiger partial charge in [0.2, 0.25) is 0 Å². The first-order valence-corrected chi connectivity index (χ1v) is 8.77. The van der Waals surface area contributed by atoms with E-state index in [-0.39, 0.29) is 4.90 Å². The third-order valence-electron chi connectivity index (χ3n) is 3.31. The van der Waals surface area contributed by atoms with Crippen LogP contribution in [0.15, 0.2) is 40.7 Å². The molecule has 1 unspecified atom stereocenters. The zero-order chi connectivity index (χ0) is 14.0. The van der Waals surface area contributed by atoms with Gasteiger partial charge in [-0.3, -0.25) is 4.72 Å². The number of hydrogen-bond donors (Lipinski definition) is 2. The molecule has 3 rings (SSSR count). The molecule has 1 fully saturated rings. The number of nitrogens with one attached hydrogen (secondary N) is 2. The lowest BCUT2D eigenvalue weighted by Crippen LogP contribution is -2.14. The van der Waals surface area contributed by atoms with E-state index < -0.39 is 10.0 Å². The maximum absolute atomic E-state index is 12.2. The Kier molecular flexibility index (Phi) is 3.73. The Morgan fingerprint density at radius 1 is 1.30 bits per heavy atom. The van der Waals surface area contributed by atoms with E-state index in [1.165, 1.54) is 11.3 Å². The first kappa shape index (κ1) is 13.5. The fourth-order valence-corrected chi connectivity index (χ4v) is 4.08. The van der Waals surface area contributed by atoms with Crippen LogP contribution in [0.4, 0.5) is 5.13 Å². The van der Waals surface area contributed by atoms with Gasteiger partial charge >= 0.3 is 0 Å². The van der Waals surface area contributed by atoms with Gasteiger partial charge in [0.1, 0.15) is 0 Å². The molecule has 2 N–H and O–H groups in total. The number of benzene rings is 1. The van der Waals surface area contributed by atoms with Crippen molar-refractivity contribution in [3.8, 4) is 0 Å². The number of aromatic nitrogens is 1. The highest BCUT2D eigenvalue weighted by Gasteiger charge is 2.19. The fourth-order valence-electron chi connectivity index (χ4n) is 2.30. The Morgan fingerprint density at radius 2 is 2.10 bits per heavy atom. The maximum atomic E-state index is 12.2. The molecule has 5 nitrogen and oxygen atoms in total. The number of thiazole rings is 1. The average Bonchev–Trinajstić information content (AvgIpc) is 3.11. The van der Waals surface area contributed by atoms with E-state index in [4.69, 9.17) is 0 Å². The van der Waals surface area contributed by atoms with Gasteiger partial charge in [-0.05, 0) is 37.1 Å². The van der Waals surface area contributed by atoms with Crippen molar-refractivity contribution >= 4 is 26.5 Å². The second-order valence-electron chi connectivity index (χ2n) is 4.66. The summed E-state index contributed by atoms with van der Waals surface area (Å²) in [7, 11) is -3.55. The Bertz CT molecular complexity index is 660. The molecule has 1 atom stereocenters. The molecule has 1 aliphatic heterocycles. The largest absolute Gasteiger partial charge is 0.310 e. The molecule has 0 saturated carbocycles. The van der Waals surface area contributed by atoms with Crippen LogP contribution in [0.25, 0.3) is 0 Å². The van der Waals surface area contributed by atoms with E-state index in [2.05, 4.69) is 15.0 Å². The highest BCUT2D eigenvalue weighted by Crippen LogP contribution is 2.25. The van der Waals surface area contributed by atoms with Gasteiger partial charge in [0.15, 0.2) is 5.13 Å². The zero-order valence-electron chi connectivity index (χ0n) is 10.7. The summed E-state index contributed by atoms with van der Waals surface area (Å²) in [5.74, 6) is 0. The predicted octanol–water partition coefficient (Wildman–Crippen LogP) is 2.37. The van der Waals surface area contributed by atoms with Gasteiger partial charge in [-0.2, -0.15) is 0 Å². The summed E-state index contributed by atoms with van der Waals surface area (Å²) in [5.41, 5.74) is 1.13. The van der Waals surface area contributed by atoms with Crippen LogP contribution in [0.5, 0.6) is 0 Å². The fraction of sp³-hybridized carbons (Fsp3) is 0.308. The topological polar surface area (TPSA) is 71.1 Å². The molecule has 0 radical (unpaired) electrons. The van der Waals surface area contributed by atoms with Gasteiger partial charge < -0.3 is 5.32 Å². The van der Waals surface area contributed by atoms with Crippen molar-refractivity contribution in [1.82, 2.24) is 10.3 Å². The van der Waals surface area contributed by atoms with Crippen LogP contribution < -0.4 is 10.0 Å². The standard InChI is InChI=1S/C13H15N3O2S2/c17-20(18,16-13-15-8-9-19-13)11-5-3-10(4-6-11)12-2-1-7-14-12/h3-6,8-9,12,14H,1-2,7H2,(H,15,16). The summed E-state index contributed by atoms with van der Waals surface area (Å²) >= 11 is 1.26. The second-order valence-corrected chi connectivity index (χ2v) is 7.24. The average molecular weight is 309 g/mol. The second kappa shape index (κ2) is 5.51. The predicted molar refractivity (Wildman–Crippen MR) is 79.3 cm³/mol. The smallest absolute Gasteiger partial charge is 0.263 e. The third kappa shape index (κ3) is 2.84. The molecule has 1 saturated heterocycles. The van der Waals surface area contributed by atoms with E-state index in [0.29, 0.717) is 11.2 Å². The van der Waals surface area contributed by atoms with Crippen molar-refractivity contribution in [2.75, 3.05) is 11.3 Å². The van der Waals surface area contributed by atoms with Gasteiger partial charge in [-0.25, -0.2) is 13.4 Å². The summed E-state index contributed by atoms with van der Waals surface area (Å²) in [4.78, 5) is 4.18. The minimum Gasteiger partial charge on any atom is -0.310 e. The van der Waals surface area contributed by atoms with Gasteiger partial charge in [0, 0.05) is 17.6 Å². The van der Waals surface area contributed by atoms with Gasteiger partial charge in [0.25, 0.3) is 10.0 Å². The Morgan fingerprint density at radius 3 is 2.70 bits per heavy atom. The van der Waals surface area contributed by atoms with Crippen LogP contribution in [-0.2, 0) is 10.0 Å². The van der Waals surface area contributed by atoms with E-state index in [9.17, 15) is 8.42 Å². The molecule has 1 aliphatic rings. The van der Waals surface area contributed by atoms with Crippen LogP contribution in [0.1, 0.15) is 24.4 Å². The molecule has 20 heavy (non-hydrogen) atoms. The highest BCUT2D eigenvalue weighted by atomic mass is 32.2. The van der Waals surface area contributed by atoms with E-state index in [0.717, 1.165) is 24.9 Å². The van der Waals surface area contributed by atoms with Gasteiger partial charge in [-0.1, -0.05) is 12.1 Å². The molecular formula is C13H15N3O2S2. The summed E-state index contributed by atoms with van der Waals surface area (Å²) in [5, 5.41) is 5.50. The summed E-state index contributed by atoms with van der Waals surface area (Å²) in [6.07, 6.45) is 3.83. The Hall–Kier alpha value is -1.44. The van der Waals surface area contributed by atoms with Crippen LogP contribution in [-0.4, -0.2) is 19.9 Å². The number of nitrogens with zero attached hydrogens (tertiary/aromatic N) is 1. The minimum absolute atomic E-state index is 0.259. The van der Waals surface area contributed by atoms with Crippen molar-refractivity contribution in [3.05, 3.63) is 41.4 Å². The normalized spacial score (nSPS) is 19.1. The number of anilines is 1. The number of hydrogen-bond acceptors (Lipinski definition) is 5. The Balaban J connectivity index is 1.79. The SMILES string of the molecule is O=S(=O)(Nc1nccs1)c1ccc(C2CCCN2)cc1. The first-order valence-electron chi connectivity index (χ1n) is 6.41. The van der Waals surface area contributed by atoms with E-state index >= 15 is 0 Å². The molecule has 0 amide bonds. The molecule has 1 aromatic heterocycles. The lowest BCUT2D eigenvalue weighted by Gasteiger charge is -2.11. The van der Waals surface area contributed by atoms with E-state index in [1.54, 1.807) is 23.7 Å². The molecule has 0 spiro atoms. The first-order chi connectivity index (χ1) is 9.65. The molecule has 2 heterocycles. The van der Waals surface area contributed by atoms with Gasteiger partial charge in [-0.15, -0.1) is 11.3 Å². The van der Waals surface area contributed by atoms with Crippen molar-refractivity contribution in [1.29, 1.82) is 0 Å². The van der Waals surface area contributed by atoms with Crippen LogP contribution >= 0.6 is 11.3 Å². The minimum atomic E-state index is -3.55. The molecule has 0 bridgehead atoms. The zero-order valence-corrected chi connectivity index (χ0v) is 12.4. The van der Waals surface area contributed by atoms with Crippen LogP contribution in [0, 0.1) is 0 Å². The maximum Gasteiger partial charge on any atom is 0.263 e. The van der Waals surface area contributed by atoms with Crippen molar-refractivity contribution in [2.45, 2.75) is 23.8 Å². The molecule has 7 heteroatoms. The summed E-state index contributed by atoms with van der Waals surface area (Å²) in [6, 6.07) is 7.38. The number of rotatable bonds is 4. The summed E-state index contributed by atoms with van der Waals surface area (Å²) in [6.45, 7) is 1.02. The lowest BCUT2D eigenvalue weighted by molar-refractivity contribution is 0.600. The Labute approximate surface area is 122 Å². The van der Waals surface area contributed by atoms with E-state index in [1.807, 2.05) is 12.1 Å². The van der Waals surface area contributed by atoms with Crippen LogP contribution in [0.2, 0.25) is 0 Å². The highest BCUT2D eigenvalue weighted by molar-refractivity contribution is 7.93. The lowest BCUT2D eigenvalue weighted by atomic mass is 10.1. The monoisotopic (exact) mass is 309 g/mol. The van der Waals surface area contributed by atoms with Crippen molar-refractivity contribution in [3.63, 3.8) is 0 Å². The quantitative estimate of drug-likeness (QED) is 0.909. The summed E-state index contributed by atoms with van der Waals surface area (Å²) < 4.78 is 26.8. The van der Waals surface area contributed by atoms with Gasteiger partial charge in [0.05, 0.1) is 4.90 Å². The number of sulfonamides is 1. The van der Waals surface area contributed by atoms with Crippen molar-refractivity contribution in [2.24, 2.45) is 0 Å². The third-order valence-corrected chi connectivity index (χ3v) is 5.48. The van der Waals surface area contributed by atoms with Crippen molar-refractivity contribution < 1.29 is 8.42 Å². The molecular weight excluding hydrogens is 294 g/mol. The van der Waals surface area contributed by atoms with Crippen LogP contribution in [0.3, 0.4) is 0 Å². The molecule has 1 aromatic carbocycles. The molecule has 0 aliphatic carbocycles.